The first-order valence-electron chi connectivity index (χ1n) is 8.47. The molecule has 0 bridgehead atoms. The Hall–Kier alpha value is -1.96. The van der Waals surface area contributed by atoms with Crippen LogP contribution in [-0.2, 0) is 9.84 Å². The summed E-state index contributed by atoms with van der Waals surface area (Å²) in [5, 5.41) is 2.77. The highest BCUT2D eigenvalue weighted by Gasteiger charge is 2.29. The predicted molar refractivity (Wildman–Crippen MR) is 94.5 cm³/mol. The van der Waals surface area contributed by atoms with E-state index in [4.69, 9.17) is 14.2 Å². The number of hydrogen-bond acceptors (Lipinski definition) is 6. The quantitative estimate of drug-likeness (QED) is 0.749. The maximum absolute atomic E-state index is 12.5. The number of benzene rings is 1. The van der Waals surface area contributed by atoms with Crippen molar-refractivity contribution in [3.05, 3.63) is 17.7 Å². The van der Waals surface area contributed by atoms with Gasteiger partial charge in [0.25, 0.3) is 5.91 Å². The number of ether oxygens (including phenoxy) is 3. The van der Waals surface area contributed by atoms with Crippen molar-refractivity contribution < 1.29 is 27.4 Å². The van der Waals surface area contributed by atoms with E-state index in [0.29, 0.717) is 49.1 Å². The summed E-state index contributed by atoms with van der Waals surface area (Å²) in [5.41, 5.74) is 0.347. The molecule has 1 N–H and O–H groups in total. The number of carbonyl (C=O) groups excluding carboxylic acids is 1. The van der Waals surface area contributed by atoms with Crippen LogP contribution in [0.25, 0.3) is 0 Å². The fraction of sp³-hybridized carbons (Fsp3) is 0.588. The summed E-state index contributed by atoms with van der Waals surface area (Å²) in [5.74, 6) is 1.05. The van der Waals surface area contributed by atoms with E-state index >= 15 is 0 Å². The molecule has 1 atom stereocenters. The molecule has 7 nitrogen and oxygen atoms in total. The Labute approximate surface area is 148 Å². The molecule has 2 rings (SSSR count). The van der Waals surface area contributed by atoms with Crippen LogP contribution in [-0.4, -0.2) is 51.7 Å². The zero-order valence-electron chi connectivity index (χ0n) is 14.8. The average Bonchev–Trinajstić information content (AvgIpc) is 2.89. The zero-order valence-corrected chi connectivity index (χ0v) is 15.6. The first-order valence-corrected chi connectivity index (χ1v) is 10.3. The number of rotatable bonds is 8. The van der Waals surface area contributed by atoms with Crippen molar-refractivity contribution in [3.63, 3.8) is 0 Å². The largest absolute Gasteiger partial charge is 0.490 e. The third-order valence-electron chi connectivity index (χ3n) is 3.74. The van der Waals surface area contributed by atoms with Crippen molar-refractivity contribution in [2.24, 2.45) is 0 Å². The van der Waals surface area contributed by atoms with Crippen LogP contribution in [0.1, 0.15) is 37.6 Å². The summed E-state index contributed by atoms with van der Waals surface area (Å²) in [6.45, 7) is 6.80. The van der Waals surface area contributed by atoms with E-state index in [1.54, 1.807) is 12.1 Å². The van der Waals surface area contributed by atoms with Crippen LogP contribution in [0.4, 0.5) is 0 Å². The highest BCUT2D eigenvalue weighted by molar-refractivity contribution is 7.91. The van der Waals surface area contributed by atoms with Crippen molar-refractivity contribution in [3.8, 4) is 17.2 Å². The molecule has 1 aliphatic rings. The first kappa shape index (κ1) is 19.4. The van der Waals surface area contributed by atoms with Gasteiger partial charge in [0.2, 0.25) is 5.75 Å². The summed E-state index contributed by atoms with van der Waals surface area (Å²) in [4.78, 5) is 12.5. The molecule has 0 aromatic heterocycles. The maximum Gasteiger partial charge on any atom is 0.251 e. The second-order valence-corrected chi connectivity index (χ2v) is 7.90. The van der Waals surface area contributed by atoms with Gasteiger partial charge in [-0.2, -0.15) is 0 Å². The van der Waals surface area contributed by atoms with Crippen LogP contribution in [0.2, 0.25) is 0 Å². The minimum absolute atomic E-state index is 0.0214. The summed E-state index contributed by atoms with van der Waals surface area (Å²) in [7, 11) is -3.06. The maximum atomic E-state index is 12.5. The molecule has 1 amide bonds. The van der Waals surface area contributed by atoms with E-state index in [0.717, 1.165) is 0 Å². The zero-order chi connectivity index (χ0) is 18.4. The minimum Gasteiger partial charge on any atom is -0.490 e. The van der Waals surface area contributed by atoms with Gasteiger partial charge in [-0.05, 0) is 39.3 Å². The van der Waals surface area contributed by atoms with Gasteiger partial charge in [0.05, 0.1) is 31.3 Å². The summed E-state index contributed by atoms with van der Waals surface area (Å²) < 4.78 is 39.9. The van der Waals surface area contributed by atoms with E-state index in [9.17, 15) is 13.2 Å². The molecule has 0 radical (unpaired) electrons. The molecular formula is C17H25NO6S. The number of carbonyl (C=O) groups is 1. The van der Waals surface area contributed by atoms with Gasteiger partial charge >= 0.3 is 0 Å². The van der Waals surface area contributed by atoms with Gasteiger partial charge in [0.15, 0.2) is 21.3 Å². The van der Waals surface area contributed by atoms with Gasteiger partial charge in [0, 0.05) is 11.6 Å². The molecule has 1 aromatic carbocycles. The second-order valence-electron chi connectivity index (χ2n) is 5.67. The predicted octanol–water partition coefficient (Wildman–Crippen LogP) is 1.80. The van der Waals surface area contributed by atoms with Crippen LogP contribution in [0.15, 0.2) is 12.1 Å². The average molecular weight is 371 g/mol. The van der Waals surface area contributed by atoms with Crippen molar-refractivity contribution >= 4 is 15.7 Å². The van der Waals surface area contributed by atoms with Crippen LogP contribution < -0.4 is 19.5 Å². The molecule has 1 aromatic rings. The van der Waals surface area contributed by atoms with Gasteiger partial charge in [-0.15, -0.1) is 0 Å². The molecule has 140 valence electrons. The molecule has 0 aliphatic carbocycles. The highest BCUT2D eigenvalue weighted by atomic mass is 32.2. The Kier molecular flexibility index (Phi) is 6.52. The Morgan fingerprint density at radius 2 is 1.64 bits per heavy atom. The lowest BCUT2D eigenvalue weighted by Gasteiger charge is -2.18. The van der Waals surface area contributed by atoms with Crippen LogP contribution in [0.3, 0.4) is 0 Å². The van der Waals surface area contributed by atoms with E-state index in [2.05, 4.69) is 5.32 Å². The van der Waals surface area contributed by atoms with Gasteiger partial charge in [-0.25, -0.2) is 8.42 Å². The Morgan fingerprint density at radius 3 is 2.08 bits per heavy atom. The second kappa shape index (κ2) is 8.42. The van der Waals surface area contributed by atoms with Crippen LogP contribution in [0.5, 0.6) is 17.2 Å². The molecule has 8 heteroatoms. The smallest absolute Gasteiger partial charge is 0.251 e. The summed E-state index contributed by atoms with van der Waals surface area (Å²) >= 11 is 0. The van der Waals surface area contributed by atoms with E-state index in [-0.39, 0.29) is 23.5 Å². The van der Waals surface area contributed by atoms with Crippen molar-refractivity contribution in [2.75, 3.05) is 31.3 Å². The third kappa shape index (κ3) is 5.01. The Bertz CT molecular complexity index is 689. The molecule has 1 unspecified atom stereocenters. The van der Waals surface area contributed by atoms with Crippen LogP contribution >= 0.6 is 0 Å². The van der Waals surface area contributed by atoms with Crippen molar-refractivity contribution in [1.29, 1.82) is 0 Å². The Balaban J connectivity index is 2.28. The molecular weight excluding hydrogens is 346 g/mol. The van der Waals surface area contributed by atoms with E-state index in [1.165, 1.54) is 0 Å². The standard InChI is InChI=1S/C17H25NO6S/c1-4-22-14-9-12(10-15(23-5-2)16(14)24-6-3)17(19)18-13-7-8-25(20,21)11-13/h9-10,13H,4-8,11H2,1-3H3,(H,18,19). The lowest BCUT2D eigenvalue weighted by atomic mass is 10.1. The molecule has 0 spiro atoms. The number of nitrogens with one attached hydrogen (secondary N) is 1. The van der Waals surface area contributed by atoms with Gasteiger partial charge in [0.1, 0.15) is 0 Å². The monoisotopic (exact) mass is 371 g/mol. The molecule has 1 saturated heterocycles. The van der Waals surface area contributed by atoms with Gasteiger partial charge < -0.3 is 19.5 Å². The van der Waals surface area contributed by atoms with Crippen LogP contribution in [0, 0.1) is 0 Å². The van der Waals surface area contributed by atoms with Gasteiger partial charge in [-0.3, -0.25) is 4.79 Å². The number of sulfone groups is 1. The third-order valence-corrected chi connectivity index (χ3v) is 5.51. The van der Waals surface area contributed by atoms with Crippen molar-refractivity contribution in [1.82, 2.24) is 5.32 Å². The normalized spacial score (nSPS) is 18.6. The minimum atomic E-state index is -3.06. The molecule has 0 saturated carbocycles. The number of amides is 1. The van der Waals surface area contributed by atoms with Gasteiger partial charge in [-0.1, -0.05) is 0 Å². The van der Waals surface area contributed by atoms with Crippen molar-refractivity contribution in [2.45, 2.75) is 33.2 Å². The molecule has 25 heavy (non-hydrogen) atoms. The first-order chi connectivity index (χ1) is 11.9. The molecule has 1 fully saturated rings. The SMILES string of the molecule is CCOc1cc(C(=O)NC2CCS(=O)(=O)C2)cc(OCC)c1OCC. The Morgan fingerprint density at radius 1 is 1.08 bits per heavy atom. The fourth-order valence-electron chi connectivity index (χ4n) is 2.70. The highest BCUT2D eigenvalue weighted by Crippen LogP contribution is 2.39. The van der Waals surface area contributed by atoms with E-state index < -0.39 is 9.84 Å². The lowest BCUT2D eigenvalue weighted by molar-refractivity contribution is 0.0940. The summed E-state index contributed by atoms with van der Waals surface area (Å²) in [6.07, 6.45) is 0.432. The van der Waals surface area contributed by atoms with E-state index in [1.807, 2.05) is 20.8 Å². The lowest BCUT2D eigenvalue weighted by Crippen LogP contribution is -2.35. The topological polar surface area (TPSA) is 90.9 Å². The molecule has 1 aliphatic heterocycles. The summed E-state index contributed by atoms with van der Waals surface area (Å²) in [6, 6.07) is 2.82. The number of hydrogen-bond donors (Lipinski definition) is 1. The molecule has 1 heterocycles. The fourth-order valence-corrected chi connectivity index (χ4v) is 4.37.